The van der Waals surface area contributed by atoms with Gasteiger partial charge in [0.15, 0.2) is 17.4 Å². The Morgan fingerprint density at radius 1 is 1.40 bits per heavy atom. The number of esters is 1. The molecule has 86 valence electrons. The normalized spacial score (nSPS) is 18.0. The maximum Gasteiger partial charge on any atom is 0.534 e. The summed E-state index contributed by atoms with van der Waals surface area (Å²) in [7, 11) is -5.81. The highest BCUT2D eigenvalue weighted by atomic mass is 35.5. The Morgan fingerprint density at radius 3 is 2.27 bits per heavy atom. The molecular weight excluding hydrogens is 265 g/mol. The molecule has 0 spiro atoms. The van der Waals surface area contributed by atoms with Gasteiger partial charge in [-0.2, -0.15) is 21.6 Å². The molecule has 0 saturated heterocycles. The predicted molar refractivity (Wildman–Crippen MR) is 39.9 cm³/mol. The second-order valence-electron chi connectivity index (χ2n) is 2.30. The smallest absolute Gasteiger partial charge is 0.453 e. The van der Waals surface area contributed by atoms with E-state index in [-0.39, 0.29) is 0 Å². The molecule has 15 heavy (non-hydrogen) atoms. The molecule has 10 heteroatoms. The van der Waals surface area contributed by atoms with Gasteiger partial charge in [-0.15, -0.1) is 0 Å². The number of hydrogen-bond donors (Lipinski definition) is 0. The van der Waals surface area contributed by atoms with Gasteiger partial charge in [-0.3, -0.25) is 0 Å². The lowest BCUT2D eigenvalue weighted by Gasteiger charge is -2.08. The predicted octanol–water partition coefficient (Wildman–Crippen LogP) is 0.860. The van der Waals surface area contributed by atoms with Crippen LogP contribution in [0.5, 0.6) is 0 Å². The highest BCUT2D eigenvalue weighted by Crippen LogP contribution is 2.30. The van der Waals surface area contributed by atoms with Crippen LogP contribution >= 0.6 is 11.6 Å². The maximum atomic E-state index is 11.8. The molecular formula is C5H2ClF3O5S. The first kappa shape index (κ1) is 12.1. The van der Waals surface area contributed by atoms with Crippen LogP contribution in [0, 0.1) is 0 Å². The van der Waals surface area contributed by atoms with Crippen molar-refractivity contribution < 1.29 is 35.3 Å². The molecule has 0 unspecified atom stereocenters. The molecule has 0 radical (unpaired) electrons. The minimum atomic E-state index is -5.81. The summed E-state index contributed by atoms with van der Waals surface area (Å²) in [6.07, 6.45) is 0. The monoisotopic (exact) mass is 266 g/mol. The number of cyclic esters (lactones) is 1. The van der Waals surface area contributed by atoms with Crippen LogP contribution < -0.4 is 0 Å². The first-order valence-corrected chi connectivity index (χ1v) is 5.00. The number of hydrogen-bond acceptors (Lipinski definition) is 5. The molecule has 1 aliphatic rings. The fourth-order valence-corrected chi connectivity index (χ4v) is 1.30. The summed E-state index contributed by atoms with van der Waals surface area (Å²) < 4.78 is 64.1. The van der Waals surface area contributed by atoms with Crippen molar-refractivity contribution in [3.63, 3.8) is 0 Å². The molecule has 1 heterocycles. The van der Waals surface area contributed by atoms with Crippen LogP contribution in [0.2, 0.25) is 0 Å². The van der Waals surface area contributed by atoms with E-state index in [4.69, 9.17) is 11.6 Å². The van der Waals surface area contributed by atoms with E-state index in [1.807, 2.05) is 0 Å². The zero-order valence-corrected chi connectivity index (χ0v) is 8.24. The first-order valence-electron chi connectivity index (χ1n) is 3.21. The SMILES string of the molecule is O=C1OCC(OS(=O)(=O)C(F)(F)F)=C1Cl. The highest BCUT2D eigenvalue weighted by molar-refractivity contribution is 7.87. The Kier molecular flexibility index (Phi) is 2.88. The molecule has 0 fully saturated rings. The number of carbonyl (C=O) groups is 1. The van der Waals surface area contributed by atoms with E-state index < -0.39 is 39.0 Å². The maximum absolute atomic E-state index is 11.8. The Hall–Kier alpha value is -0.960. The van der Waals surface area contributed by atoms with Crippen molar-refractivity contribution in [1.82, 2.24) is 0 Å². The summed E-state index contributed by atoms with van der Waals surface area (Å²) in [6, 6.07) is 0. The second kappa shape index (κ2) is 3.56. The molecule has 0 atom stereocenters. The number of halogens is 4. The molecule has 0 saturated carbocycles. The molecule has 1 rings (SSSR count). The van der Waals surface area contributed by atoms with E-state index in [1.54, 1.807) is 0 Å². The average Bonchev–Trinajstić information content (AvgIpc) is 2.33. The van der Waals surface area contributed by atoms with Crippen molar-refractivity contribution in [2.75, 3.05) is 6.61 Å². The van der Waals surface area contributed by atoms with Crippen molar-refractivity contribution in [2.24, 2.45) is 0 Å². The Balaban J connectivity index is 2.94. The van der Waals surface area contributed by atoms with Gasteiger partial charge in [0.25, 0.3) is 0 Å². The number of rotatable bonds is 2. The fraction of sp³-hybridized carbons (Fsp3) is 0.400. The minimum absolute atomic E-state index is 0.743. The van der Waals surface area contributed by atoms with Gasteiger partial charge in [-0.1, -0.05) is 11.6 Å². The molecule has 0 aromatic heterocycles. The lowest BCUT2D eigenvalue weighted by molar-refractivity contribution is -0.135. The zero-order valence-electron chi connectivity index (χ0n) is 6.67. The van der Waals surface area contributed by atoms with Crippen LogP contribution in [0.3, 0.4) is 0 Å². The average molecular weight is 267 g/mol. The molecule has 1 aliphatic heterocycles. The van der Waals surface area contributed by atoms with Crippen LogP contribution in [0.1, 0.15) is 0 Å². The first-order chi connectivity index (χ1) is 6.65. The third-order valence-electron chi connectivity index (χ3n) is 1.25. The second-order valence-corrected chi connectivity index (χ2v) is 4.21. The third-order valence-corrected chi connectivity index (χ3v) is 2.60. The van der Waals surface area contributed by atoms with E-state index in [2.05, 4.69) is 8.92 Å². The van der Waals surface area contributed by atoms with Crippen LogP contribution in [0.4, 0.5) is 13.2 Å². The Bertz CT molecular complexity index is 422. The van der Waals surface area contributed by atoms with E-state index in [0.29, 0.717) is 0 Å². The molecule has 5 nitrogen and oxygen atoms in total. The lowest BCUT2D eigenvalue weighted by atomic mass is 10.5. The van der Waals surface area contributed by atoms with Gasteiger partial charge in [0.2, 0.25) is 0 Å². The van der Waals surface area contributed by atoms with Crippen molar-refractivity contribution >= 4 is 27.7 Å². The van der Waals surface area contributed by atoms with E-state index in [9.17, 15) is 26.4 Å². The largest absolute Gasteiger partial charge is 0.534 e. The highest BCUT2D eigenvalue weighted by Gasteiger charge is 2.49. The molecule has 0 aromatic rings. The van der Waals surface area contributed by atoms with Crippen molar-refractivity contribution in [3.05, 3.63) is 10.8 Å². The fourth-order valence-electron chi connectivity index (χ4n) is 0.612. The number of ether oxygens (including phenoxy) is 1. The summed E-state index contributed by atoms with van der Waals surface area (Å²) >= 11 is 5.13. The molecule has 0 amide bonds. The topological polar surface area (TPSA) is 69.7 Å². The Morgan fingerprint density at radius 2 is 1.93 bits per heavy atom. The quantitative estimate of drug-likeness (QED) is 0.421. The lowest BCUT2D eigenvalue weighted by Crippen LogP contribution is -2.25. The van der Waals surface area contributed by atoms with Crippen molar-refractivity contribution in [1.29, 1.82) is 0 Å². The van der Waals surface area contributed by atoms with Gasteiger partial charge < -0.3 is 8.92 Å². The van der Waals surface area contributed by atoms with Gasteiger partial charge in [0.05, 0.1) is 0 Å². The van der Waals surface area contributed by atoms with Gasteiger partial charge >= 0.3 is 21.6 Å². The standard InChI is InChI=1S/C5H2ClF3O5S/c6-3-2(1-13-4(3)10)14-15(11,12)5(7,8)9/h1H2. The van der Waals surface area contributed by atoms with Crippen LogP contribution in [-0.2, 0) is 23.8 Å². The number of carbonyl (C=O) groups excluding carboxylic acids is 1. The van der Waals surface area contributed by atoms with Crippen LogP contribution in [0.15, 0.2) is 10.8 Å². The molecule has 0 aliphatic carbocycles. The van der Waals surface area contributed by atoms with Crippen molar-refractivity contribution in [2.45, 2.75) is 5.51 Å². The van der Waals surface area contributed by atoms with Gasteiger partial charge in [-0.25, -0.2) is 4.79 Å². The van der Waals surface area contributed by atoms with E-state index >= 15 is 0 Å². The van der Waals surface area contributed by atoms with Gasteiger partial charge in [0, 0.05) is 0 Å². The van der Waals surface area contributed by atoms with Gasteiger partial charge in [-0.05, 0) is 0 Å². The number of alkyl halides is 3. The summed E-state index contributed by atoms with van der Waals surface area (Å²) in [5.41, 5.74) is -5.58. The summed E-state index contributed by atoms with van der Waals surface area (Å²) in [5.74, 6) is -2.01. The van der Waals surface area contributed by atoms with Crippen molar-refractivity contribution in [3.8, 4) is 0 Å². The molecule has 0 bridgehead atoms. The third kappa shape index (κ3) is 2.34. The molecule has 0 N–H and O–H groups in total. The summed E-state index contributed by atoms with van der Waals surface area (Å²) in [5, 5.41) is -0.817. The van der Waals surface area contributed by atoms with Crippen LogP contribution in [-0.4, -0.2) is 26.5 Å². The van der Waals surface area contributed by atoms with E-state index in [0.717, 1.165) is 0 Å². The van der Waals surface area contributed by atoms with Crippen LogP contribution in [0.25, 0.3) is 0 Å². The minimum Gasteiger partial charge on any atom is -0.453 e. The zero-order chi connectivity index (χ0) is 11.9. The Labute approximate surface area is 86.5 Å². The molecule has 0 aromatic carbocycles. The summed E-state index contributed by atoms with van der Waals surface area (Å²) in [4.78, 5) is 10.6. The van der Waals surface area contributed by atoms with Gasteiger partial charge in [0.1, 0.15) is 0 Å². The van der Waals surface area contributed by atoms with E-state index in [1.165, 1.54) is 0 Å². The summed E-state index contributed by atoms with van der Waals surface area (Å²) in [6.45, 7) is -0.743.